The van der Waals surface area contributed by atoms with Crippen LogP contribution >= 0.6 is 11.6 Å². The fraction of sp³-hybridized carbons (Fsp3) is 0.348. The van der Waals surface area contributed by atoms with Crippen LogP contribution in [0, 0.1) is 0 Å². The predicted octanol–water partition coefficient (Wildman–Crippen LogP) is 3.91. The standard InChI is InChI=1S/C23H26ClN3O2/c24-20-5-7-21(8-6-20)29-18-17-25-13-15-27(16-14-25)23(28)10-12-26-11-9-19-3-1-2-4-22(19)26/h1-9,11H,10,12-18H2. The first-order valence-corrected chi connectivity index (χ1v) is 10.5. The lowest BCUT2D eigenvalue weighted by Crippen LogP contribution is -2.49. The number of para-hydroxylation sites is 1. The van der Waals surface area contributed by atoms with E-state index < -0.39 is 0 Å². The molecule has 0 atom stereocenters. The van der Waals surface area contributed by atoms with E-state index in [9.17, 15) is 4.79 Å². The Morgan fingerprint density at radius 2 is 1.69 bits per heavy atom. The molecule has 29 heavy (non-hydrogen) atoms. The number of aryl methyl sites for hydroxylation is 1. The van der Waals surface area contributed by atoms with Gasteiger partial charge in [0.25, 0.3) is 0 Å². The zero-order chi connectivity index (χ0) is 20.1. The van der Waals surface area contributed by atoms with Crippen molar-refractivity contribution in [1.82, 2.24) is 14.4 Å². The number of halogens is 1. The maximum Gasteiger partial charge on any atom is 0.224 e. The van der Waals surface area contributed by atoms with Crippen LogP contribution in [0.5, 0.6) is 5.75 Å². The third kappa shape index (κ3) is 5.11. The van der Waals surface area contributed by atoms with E-state index in [1.807, 2.05) is 41.3 Å². The SMILES string of the molecule is O=C(CCn1ccc2ccccc21)N1CCN(CCOc2ccc(Cl)cc2)CC1. The van der Waals surface area contributed by atoms with Crippen LogP contribution in [0.4, 0.5) is 0 Å². The average Bonchev–Trinajstić information content (AvgIpc) is 3.17. The van der Waals surface area contributed by atoms with Gasteiger partial charge in [-0.25, -0.2) is 0 Å². The second-order valence-corrected chi connectivity index (χ2v) is 7.78. The van der Waals surface area contributed by atoms with Crippen LogP contribution in [-0.4, -0.2) is 59.6 Å². The van der Waals surface area contributed by atoms with Gasteiger partial charge in [0.05, 0.1) is 0 Å². The maximum atomic E-state index is 12.6. The van der Waals surface area contributed by atoms with E-state index in [0.717, 1.165) is 45.0 Å². The molecule has 0 radical (unpaired) electrons. The number of amides is 1. The zero-order valence-corrected chi connectivity index (χ0v) is 17.2. The molecule has 3 aromatic rings. The monoisotopic (exact) mass is 411 g/mol. The summed E-state index contributed by atoms with van der Waals surface area (Å²) in [4.78, 5) is 17.0. The number of aromatic nitrogens is 1. The van der Waals surface area contributed by atoms with Crippen LogP contribution in [0.15, 0.2) is 60.8 Å². The number of piperazine rings is 1. The van der Waals surface area contributed by atoms with Crippen LogP contribution in [-0.2, 0) is 11.3 Å². The van der Waals surface area contributed by atoms with Crippen LogP contribution in [0.2, 0.25) is 5.02 Å². The molecule has 1 saturated heterocycles. The summed E-state index contributed by atoms with van der Waals surface area (Å²) in [5.74, 6) is 1.07. The largest absolute Gasteiger partial charge is 0.492 e. The molecule has 152 valence electrons. The van der Waals surface area contributed by atoms with E-state index in [-0.39, 0.29) is 5.91 Å². The zero-order valence-electron chi connectivity index (χ0n) is 16.5. The second-order valence-electron chi connectivity index (χ2n) is 7.34. The molecular formula is C23H26ClN3O2. The van der Waals surface area contributed by atoms with E-state index in [0.29, 0.717) is 18.1 Å². The number of carbonyl (C=O) groups is 1. The van der Waals surface area contributed by atoms with Crippen molar-refractivity contribution in [1.29, 1.82) is 0 Å². The Morgan fingerprint density at radius 1 is 0.931 bits per heavy atom. The summed E-state index contributed by atoms with van der Waals surface area (Å²) < 4.78 is 7.93. The van der Waals surface area contributed by atoms with Gasteiger partial charge in [-0.2, -0.15) is 0 Å². The van der Waals surface area contributed by atoms with Crippen molar-refractivity contribution in [2.45, 2.75) is 13.0 Å². The number of carbonyl (C=O) groups excluding carboxylic acids is 1. The van der Waals surface area contributed by atoms with Crippen LogP contribution in [0.25, 0.3) is 10.9 Å². The summed E-state index contributed by atoms with van der Waals surface area (Å²) in [6.07, 6.45) is 2.61. The molecule has 5 nitrogen and oxygen atoms in total. The normalized spacial score (nSPS) is 15.0. The van der Waals surface area contributed by atoms with E-state index >= 15 is 0 Å². The highest BCUT2D eigenvalue weighted by atomic mass is 35.5. The van der Waals surface area contributed by atoms with Crippen LogP contribution < -0.4 is 4.74 Å². The lowest BCUT2D eigenvalue weighted by atomic mass is 10.2. The molecule has 4 rings (SSSR count). The van der Waals surface area contributed by atoms with Gasteiger partial charge in [-0.05, 0) is 41.8 Å². The number of hydrogen-bond acceptors (Lipinski definition) is 3. The molecule has 0 N–H and O–H groups in total. The topological polar surface area (TPSA) is 37.7 Å². The van der Waals surface area contributed by atoms with Gasteiger partial charge in [-0.15, -0.1) is 0 Å². The minimum absolute atomic E-state index is 0.236. The van der Waals surface area contributed by atoms with Gasteiger partial charge in [-0.1, -0.05) is 29.8 Å². The Bertz CT molecular complexity index is 946. The van der Waals surface area contributed by atoms with Crippen molar-refractivity contribution in [3.05, 3.63) is 65.8 Å². The van der Waals surface area contributed by atoms with Crippen molar-refractivity contribution in [3.63, 3.8) is 0 Å². The molecule has 2 aromatic carbocycles. The first kappa shape index (κ1) is 19.8. The summed E-state index contributed by atoms with van der Waals surface area (Å²) >= 11 is 5.89. The van der Waals surface area contributed by atoms with E-state index in [1.54, 1.807) is 0 Å². The van der Waals surface area contributed by atoms with Crippen LogP contribution in [0.3, 0.4) is 0 Å². The molecule has 6 heteroatoms. The van der Waals surface area contributed by atoms with Gasteiger partial charge in [0.2, 0.25) is 5.91 Å². The third-order valence-corrected chi connectivity index (χ3v) is 5.71. The lowest BCUT2D eigenvalue weighted by Gasteiger charge is -2.34. The molecule has 0 aliphatic carbocycles. The number of fused-ring (bicyclic) bond motifs is 1. The summed E-state index contributed by atoms with van der Waals surface area (Å²) in [7, 11) is 0. The fourth-order valence-electron chi connectivity index (χ4n) is 3.75. The minimum Gasteiger partial charge on any atom is -0.492 e. The van der Waals surface area contributed by atoms with Gasteiger partial charge < -0.3 is 14.2 Å². The smallest absolute Gasteiger partial charge is 0.224 e. The predicted molar refractivity (Wildman–Crippen MR) is 117 cm³/mol. The number of rotatable bonds is 7. The quantitative estimate of drug-likeness (QED) is 0.591. The number of ether oxygens (including phenoxy) is 1. The van der Waals surface area contributed by atoms with Gasteiger partial charge in [0, 0.05) is 62.4 Å². The number of nitrogens with zero attached hydrogens (tertiary/aromatic N) is 3. The third-order valence-electron chi connectivity index (χ3n) is 5.46. The van der Waals surface area contributed by atoms with Gasteiger partial charge in [0.1, 0.15) is 12.4 Å². The molecule has 1 aromatic heterocycles. The van der Waals surface area contributed by atoms with Gasteiger partial charge in [0.15, 0.2) is 0 Å². The summed E-state index contributed by atoms with van der Waals surface area (Å²) in [5.41, 5.74) is 1.19. The summed E-state index contributed by atoms with van der Waals surface area (Å²) in [6.45, 7) is 5.57. The Hall–Kier alpha value is -2.50. The number of hydrogen-bond donors (Lipinski definition) is 0. The highest BCUT2D eigenvalue weighted by Crippen LogP contribution is 2.17. The van der Waals surface area contributed by atoms with Crippen molar-refractivity contribution in [2.24, 2.45) is 0 Å². The fourth-order valence-corrected chi connectivity index (χ4v) is 3.88. The first-order chi connectivity index (χ1) is 14.2. The Labute approximate surface area is 176 Å². The molecule has 2 heterocycles. The van der Waals surface area contributed by atoms with Gasteiger partial charge >= 0.3 is 0 Å². The number of benzene rings is 2. The highest BCUT2D eigenvalue weighted by Gasteiger charge is 2.20. The first-order valence-electron chi connectivity index (χ1n) is 10.1. The molecule has 1 aliphatic heterocycles. The Balaban J connectivity index is 1.18. The lowest BCUT2D eigenvalue weighted by molar-refractivity contribution is -0.133. The van der Waals surface area contributed by atoms with Crippen molar-refractivity contribution >= 4 is 28.4 Å². The highest BCUT2D eigenvalue weighted by molar-refractivity contribution is 6.30. The van der Waals surface area contributed by atoms with Gasteiger partial charge in [-0.3, -0.25) is 9.69 Å². The summed E-state index contributed by atoms with van der Waals surface area (Å²) in [6, 6.07) is 17.8. The molecule has 1 amide bonds. The summed E-state index contributed by atoms with van der Waals surface area (Å²) in [5, 5.41) is 1.93. The van der Waals surface area contributed by atoms with Crippen molar-refractivity contribution in [3.8, 4) is 5.75 Å². The molecule has 0 unspecified atom stereocenters. The molecule has 0 bridgehead atoms. The maximum absolute atomic E-state index is 12.6. The van der Waals surface area contributed by atoms with E-state index in [4.69, 9.17) is 16.3 Å². The van der Waals surface area contributed by atoms with E-state index in [2.05, 4.69) is 33.9 Å². The molecule has 0 saturated carbocycles. The Kier molecular flexibility index (Phi) is 6.37. The van der Waals surface area contributed by atoms with Crippen molar-refractivity contribution < 1.29 is 9.53 Å². The molecule has 1 fully saturated rings. The molecule has 1 aliphatic rings. The van der Waals surface area contributed by atoms with E-state index in [1.165, 1.54) is 10.9 Å². The minimum atomic E-state index is 0.236. The molecule has 0 spiro atoms. The second kappa shape index (κ2) is 9.33. The van der Waals surface area contributed by atoms with Crippen molar-refractivity contribution in [2.75, 3.05) is 39.3 Å². The van der Waals surface area contributed by atoms with Crippen LogP contribution in [0.1, 0.15) is 6.42 Å². The molecular weight excluding hydrogens is 386 g/mol. The average molecular weight is 412 g/mol. The Morgan fingerprint density at radius 3 is 2.48 bits per heavy atom.